The third-order valence-electron chi connectivity index (χ3n) is 3.90. The molecule has 0 bridgehead atoms. The molecule has 126 valence electrons. The van der Waals surface area contributed by atoms with E-state index in [1.165, 1.54) is 0 Å². The van der Waals surface area contributed by atoms with E-state index in [2.05, 4.69) is 5.16 Å². The van der Waals surface area contributed by atoms with Gasteiger partial charge in [0.25, 0.3) is 0 Å². The van der Waals surface area contributed by atoms with Gasteiger partial charge >= 0.3 is 5.97 Å². The van der Waals surface area contributed by atoms with Crippen molar-refractivity contribution in [2.24, 2.45) is 17.0 Å². The van der Waals surface area contributed by atoms with Crippen molar-refractivity contribution in [2.75, 3.05) is 0 Å². The average Bonchev–Trinajstić information content (AvgIpc) is 2.53. The number of allylic oxidation sites excluding steroid dienone is 4. The summed E-state index contributed by atoms with van der Waals surface area (Å²) < 4.78 is 0. The standard InChI is InChI=1S/C20H23NO3/c1-12(2)17-10-16(11-18(13(3)4)19(17)22)21-24-20(23)15-8-6-14(5)7-9-15/h6-13H,1-5H3. The van der Waals surface area contributed by atoms with Crippen LogP contribution < -0.4 is 0 Å². The van der Waals surface area contributed by atoms with Gasteiger partial charge in [0, 0.05) is 11.1 Å². The number of nitrogens with zero attached hydrogens (tertiary/aromatic N) is 1. The van der Waals surface area contributed by atoms with Crippen molar-refractivity contribution < 1.29 is 14.4 Å². The molecule has 0 saturated carbocycles. The monoisotopic (exact) mass is 325 g/mol. The van der Waals surface area contributed by atoms with Gasteiger partial charge in [0.1, 0.15) is 5.71 Å². The van der Waals surface area contributed by atoms with Crippen molar-refractivity contribution in [1.82, 2.24) is 0 Å². The van der Waals surface area contributed by atoms with Crippen LogP contribution in [-0.2, 0) is 9.63 Å². The second-order valence-electron chi connectivity index (χ2n) is 6.60. The van der Waals surface area contributed by atoms with E-state index >= 15 is 0 Å². The van der Waals surface area contributed by atoms with Crippen molar-refractivity contribution in [3.8, 4) is 0 Å². The first-order valence-electron chi connectivity index (χ1n) is 8.13. The van der Waals surface area contributed by atoms with Gasteiger partial charge in [-0.3, -0.25) is 4.79 Å². The number of ketones is 1. The van der Waals surface area contributed by atoms with E-state index in [1.807, 2.05) is 46.8 Å². The van der Waals surface area contributed by atoms with Crippen LogP contribution in [0.25, 0.3) is 0 Å². The highest BCUT2D eigenvalue weighted by molar-refractivity contribution is 6.22. The fraction of sp³-hybridized carbons (Fsp3) is 0.350. The normalized spacial score (nSPS) is 14.6. The maximum absolute atomic E-state index is 12.4. The fourth-order valence-electron chi connectivity index (χ4n) is 2.40. The minimum Gasteiger partial charge on any atom is -0.312 e. The average molecular weight is 325 g/mol. The van der Waals surface area contributed by atoms with Crippen molar-refractivity contribution >= 4 is 17.5 Å². The third-order valence-corrected chi connectivity index (χ3v) is 3.90. The Morgan fingerprint density at radius 3 is 1.92 bits per heavy atom. The Labute approximate surface area is 142 Å². The van der Waals surface area contributed by atoms with E-state index in [9.17, 15) is 9.59 Å². The SMILES string of the molecule is Cc1ccc(C(=O)ON=C2C=C(C(C)C)C(=O)C(C(C)C)=C2)cc1. The third kappa shape index (κ3) is 4.07. The number of carbonyl (C=O) groups excluding carboxylic acids is 2. The number of rotatable bonds is 4. The Bertz CT molecular complexity index is 705. The van der Waals surface area contributed by atoms with E-state index in [0.29, 0.717) is 22.4 Å². The molecule has 0 aromatic heterocycles. The van der Waals surface area contributed by atoms with Crippen LogP contribution in [0.4, 0.5) is 0 Å². The summed E-state index contributed by atoms with van der Waals surface area (Å²) in [7, 11) is 0. The van der Waals surface area contributed by atoms with Crippen LogP contribution in [0.1, 0.15) is 43.6 Å². The minimum absolute atomic E-state index is 0.0452. The van der Waals surface area contributed by atoms with E-state index in [-0.39, 0.29) is 17.6 Å². The summed E-state index contributed by atoms with van der Waals surface area (Å²) in [6.45, 7) is 9.79. The highest BCUT2D eigenvalue weighted by Crippen LogP contribution is 2.25. The summed E-state index contributed by atoms with van der Waals surface area (Å²) in [5.41, 5.74) is 3.37. The highest BCUT2D eigenvalue weighted by atomic mass is 16.7. The molecule has 0 radical (unpaired) electrons. The number of Topliss-reactive ketones (excluding diaryl/α,β-unsaturated/α-hetero) is 1. The molecular weight excluding hydrogens is 302 g/mol. The molecular formula is C20H23NO3. The Morgan fingerprint density at radius 2 is 1.46 bits per heavy atom. The molecule has 0 fully saturated rings. The predicted octanol–water partition coefficient (Wildman–Crippen LogP) is 4.26. The Kier molecular flexibility index (Phi) is 5.50. The molecule has 0 N–H and O–H groups in total. The molecule has 1 aliphatic rings. The quantitative estimate of drug-likeness (QED) is 0.472. The highest BCUT2D eigenvalue weighted by Gasteiger charge is 2.25. The van der Waals surface area contributed by atoms with Crippen LogP contribution in [0.5, 0.6) is 0 Å². The minimum atomic E-state index is -0.515. The second-order valence-corrected chi connectivity index (χ2v) is 6.60. The Hall–Kier alpha value is -2.49. The Morgan fingerprint density at radius 1 is 0.958 bits per heavy atom. The lowest BCUT2D eigenvalue weighted by Crippen LogP contribution is -2.21. The van der Waals surface area contributed by atoms with Crippen LogP contribution in [0.15, 0.2) is 52.7 Å². The zero-order valence-corrected chi connectivity index (χ0v) is 14.8. The van der Waals surface area contributed by atoms with Gasteiger partial charge in [0.05, 0.1) is 5.56 Å². The smallest absolute Gasteiger partial charge is 0.312 e. The molecule has 1 aliphatic carbocycles. The topological polar surface area (TPSA) is 55.7 Å². The molecule has 4 heteroatoms. The first-order valence-corrected chi connectivity index (χ1v) is 8.13. The van der Waals surface area contributed by atoms with Gasteiger partial charge in [-0.25, -0.2) is 4.79 Å². The summed E-state index contributed by atoms with van der Waals surface area (Å²) in [5.74, 6) is -0.307. The van der Waals surface area contributed by atoms with Crippen molar-refractivity contribution in [2.45, 2.75) is 34.6 Å². The van der Waals surface area contributed by atoms with Crippen molar-refractivity contribution in [3.05, 3.63) is 58.7 Å². The first kappa shape index (κ1) is 17.9. The van der Waals surface area contributed by atoms with E-state index in [0.717, 1.165) is 5.56 Å². The van der Waals surface area contributed by atoms with Gasteiger partial charge in [0.15, 0.2) is 5.78 Å². The van der Waals surface area contributed by atoms with Crippen molar-refractivity contribution in [3.63, 3.8) is 0 Å². The summed E-state index contributed by atoms with van der Waals surface area (Å²) in [5, 5.41) is 3.94. The molecule has 0 heterocycles. The summed E-state index contributed by atoms with van der Waals surface area (Å²) >= 11 is 0. The number of aryl methyl sites for hydroxylation is 1. The molecule has 0 unspecified atom stereocenters. The van der Waals surface area contributed by atoms with E-state index in [1.54, 1.807) is 24.3 Å². The van der Waals surface area contributed by atoms with E-state index < -0.39 is 5.97 Å². The number of oxime groups is 1. The second kappa shape index (κ2) is 7.39. The summed E-state index contributed by atoms with van der Waals surface area (Å²) in [6, 6.07) is 7.09. The molecule has 0 aliphatic heterocycles. The summed E-state index contributed by atoms with van der Waals surface area (Å²) in [4.78, 5) is 29.5. The molecule has 4 nitrogen and oxygen atoms in total. The maximum atomic E-state index is 12.4. The van der Waals surface area contributed by atoms with E-state index in [4.69, 9.17) is 4.84 Å². The molecule has 0 spiro atoms. The van der Waals surface area contributed by atoms with Crippen LogP contribution in [0.2, 0.25) is 0 Å². The number of hydrogen-bond donors (Lipinski definition) is 0. The van der Waals surface area contributed by atoms with Crippen LogP contribution >= 0.6 is 0 Å². The van der Waals surface area contributed by atoms with Crippen molar-refractivity contribution in [1.29, 1.82) is 0 Å². The van der Waals surface area contributed by atoms with Gasteiger partial charge in [-0.05, 0) is 43.0 Å². The molecule has 0 saturated heterocycles. The maximum Gasteiger partial charge on any atom is 0.365 e. The summed E-state index contributed by atoms with van der Waals surface area (Å²) in [6.07, 6.45) is 3.39. The predicted molar refractivity (Wildman–Crippen MR) is 94.9 cm³/mol. The van der Waals surface area contributed by atoms with Crippen LogP contribution in [0, 0.1) is 18.8 Å². The van der Waals surface area contributed by atoms with Gasteiger partial charge in [-0.2, -0.15) is 0 Å². The van der Waals surface area contributed by atoms with Gasteiger partial charge < -0.3 is 4.84 Å². The lowest BCUT2D eigenvalue weighted by atomic mass is 9.84. The lowest BCUT2D eigenvalue weighted by molar-refractivity contribution is -0.113. The largest absolute Gasteiger partial charge is 0.365 e. The lowest BCUT2D eigenvalue weighted by Gasteiger charge is -2.19. The molecule has 24 heavy (non-hydrogen) atoms. The number of hydrogen-bond acceptors (Lipinski definition) is 4. The molecule has 0 amide bonds. The van der Waals surface area contributed by atoms with Crippen LogP contribution in [-0.4, -0.2) is 17.5 Å². The van der Waals surface area contributed by atoms with Crippen LogP contribution in [0.3, 0.4) is 0 Å². The van der Waals surface area contributed by atoms with Gasteiger partial charge in [0.2, 0.25) is 0 Å². The first-order chi connectivity index (χ1) is 11.3. The zero-order valence-electron chi connectivity index (χ0n) is 14.8. The number of benzene rings is 1. The molecule has 0 atom stereocenters. The Balaban J connectivity index is 2.25. The van der Waals surface area contributed by atoms with Gasteiger partial charge in [-0.15, -0.1) is 0 Å². The zero-order chi connectivity index (χ0) is 17.9. The molecule has 1 aromatic rings. The molecule has 2 rings (SSSR count). The molecule has 1 aromatic carbocycles. The fourth-order valence-corrected chi connectivity index (χ4v) is 2.40. The number of carbonyl (C=O) groups is 2. The van der Waals surface area contributed by atoms with Gasteiger partial charge in [-0.1, -0.05) is 50.5 Å².